The second kappa shape index (κ2) is 6.64. The number of ether oxygens (including phenoxy) is 1. The van der Waals surface area contributed by atoms with E-state index in [4.69, 9.17) is 0 Å². The predicted molar refractivity (Wildman–Crippen MR) is 82.6 cm³/mol. The maximum Gasteiger partial charge on any atom is 0.416 e. The van der Waals surface area contributed by atoms with Crippen molar-refractivity contribution in [3.63, 3.8) is 0 Å². The smallest absolute Gasteiger partial charge is 0.416 e. The number of thiophene rings is 1. The summed E-state index contributed by atoms with van der Waals surface area (Å²) in [5, 5.41) is 9.36. The normalized spacial score (nSPS) is 11.1. The van der Waals surface area contributed by atoms with Crippen LogP contribution in [0.3, 0.4) is 0 Å². The summed E-state index contributed by atoms with van der Waals surface area (Å²) in [7, 11) is 1.18. The lowest BCUT2D eigenvalue weighted by Crippen LogP contribution is -2.05. The molecule has 0 atom stereocenters. The Morgan fingerprint density at radius 3 is 2.61 bits per heavy atom. The molecule has 0 amide bonds. The lowest BCUT2D eigenvalue weighted by molar-refractivity contribution is -0.137. The van der Waals surface area contributed by atoms with Crippen molar-refractivity contribution < 1.29 is 22.7 Å². The van der Waals surface area contributed by atoms with E-state index in [0.29, 0.717) is 4.21 Å². The minimum atomic E-state index is -4.51. The number of carbonyl (C=O) groups excluding carboxylic acids is 1. The molecule has 2 aromatic rings. The number of methoxy groups -OCH3 is 1. The molecule has 0 bridgehead atoms. The van der Waals surface area contributed by atoms with Crippen molar-refractivity contribution in [2.24, 2.45) is 0 Å². The van der Waals surface area contributed by atoms with E-state index in [-0.39, 0.29) is 21.6 Å². The van der Waals surface area contributed by atoms with Gasteiger partial charge in [-0.25, -0.2) is 4.79 Å². The van der Waals surface area contributed by atoms with E-state index in [9.17, 15) is 23.2 Å². The minimum Gasteiger partial charge on any atom is -0.465 e. The highest BCUT2D eigenvalue weighted by Crippen LogP contribution is 2.42. The van der Waals surface area contributed by atoms with Gasteiger partial charge in [-0.1, -0.05) is 12.1 Å². The number of nitrogens with zero attached hydrogens (tertiary/aromatic N) is 1. The van der Waals surface area contributed by atoms with E-state index >= 15 is 0 Å². The summed E-state index contributed by atoms with van der Waals surface area (Å²) in [6, 6.07) is 6.53. The van der Waals surface area contributed by atoms with Crippen molar-refractivity contribution in [2.45, 2.75) is 10.4 Å². The Bertz CT molecular complexity index is 791. The highest BCUT2D eigenvalue weighted by Gasteiger charge is 2.32. The first-order valence-corrected chi connectivity index (χ1v) is 8.24. The number of nitriles is 1. The zero-order chi connectivity index (χ0) is 17.2. The van der Waals surface area contributed by atoms with Crippen LogP contribution in [0.25, 0.3) is 11.1 Å². The summed E-state index contributed by atoms with van der Waals surface area (Å²) in [5.74, 6) is -0.681. The van der Waals surface area contributed by atoms with Crippen molar-refractivity contribution in [3.05, 3.63) is 40.3 Å². The van der Waals surface area contributed by atoms with E-state index in [2.05, 4.69) is 4.74 Å². The van der Waals surface area contributed by atoms with Gasteiger partial charge in [0.15, 0.2) is 0 Å². The molecule has 1 aromatic heterocycles. The summed E-state index contributed by atoms with van der Waals surface area (Å²) in [5.41, 5.74) is -0.318. The van der Waals surface area contributed by atoms with Crippen LogP contribution in [0.15, 0.2) is 28.5 Å². The average Bonchev–Trinajstić information content (AvgIpc) is 2.92. The minimum absolute atomic E-state index is 0.118. The van der Waals surface area contributed by atoms with Crippen LogP contribution in [-0.4, -0.2) is 19.3 Å². The van der Waals surface area contributed by atoms with Crippen molar-refractivity contribution in [3.8, 4) is 17.2 Å². The Morgan fingerprint density at radius 2 is 2.09 bits per heavy atom. The quantitative estimate of drug-likeness (QED) is 0.584. The SMILES string of the molecule is COC(=O)c1sc(SC)c(C#N)c1-c1cccc(C(F)(F)F)c1. The molecule has 0 N–H and O–H groups in total. The number of carbonyl (C=O) groups is 1. The molecule has 120 valence electrons. The zero-order valence-electron chi connectivity index (χ0n) is 12.0. The zero-order valence-corrected chi connectivity index (χ0v) is 13.7. The third-order valence-electron chi connectivity index (χ3n) is 3.02. The predicted octanol–water partition coefficient (Wildman–Crippen LogP) is 4.81. The molecule has 3 nitrogen and oxygen atoms in total. The second-order valence-electron chi connectivity index (χ2n) is 4.35. The number of esters is 1. The molecule has 0 unspecified atom stereocenters. The van der Waals surface area contributed by atoms with Gasteiger partial charge >= 0.3 is 12.1 Å². The molecule has 0 spiro atoms. The Balaban J connectivity index is 2.74. The van der Waals surface area contributed by atoms with Crippen LogP contribution in [-0.2, 0) is 10.9 Å². The van der Waals surface area contributed by atoms with Crippen LogP contribution < -0.4 is 0 Å². The summed E-state index contributed by atoms with van der Waals surface area (Å²) in [4.78, 5) is 12.1. The molecular weight excluding hydrogens is 347 g/mol. The van der Waals surface area contributed by atoms with Crippen molar-refractivity contribution >= 4 is 29.1 Å². The van der Waals surface area contributed by atoms with Crippen LogP contribution in [0, 0.1) is 11.3 Å². The maximum atomic E-state index is 12.9. The number of benzene rings is 1. The van der Waals surface area contributed by atoms with E-state index in [0.717, 1.165) is 23.5 Å². The number of rotatable bonds is 3. The van der Waals surface area contributed by atoms with Crippen molar-refractivity contribution in [1.82, 2.24) is 0 Å². The van der Waals surface area contributed by atoms with Gasteiger partial charge in [-0.2, -0.15) is 18.4 Å². The number of halogens is 3. The largest absolute Gasteiger partial charge is 0.465 e. The first kappa shape index (κ1) is 17.4. The van der Waals surface area contributed by atoms with Crippen LogP contribution in [0.5, 0.6) is 0 Å². The van der Waals surface area contributed by atoms with E-state index in [1.165, 1.54) is 31.0 Å². The molecule has 0 radical (unpaired) electrons. The molecule has 0 aliphatic rings. The molecule has 0 aliphatic carbocycles. The topological polar surface area (TPSA) is 50.1 Å². The molecule has 8 heteroatoms. The maximum absolute atomic E-state index is 12.9. The first-order chi connectivity index (χ1) is 10.8. The Kier molecular flexibility index (Phi) is 5.02. The highest BCUT2D eigenvalue weighted by atomic mass is 32.2. The molecule has 1 heterocycles. The third-order valence-corrected chi connectivity index (χ3v) is 5.31. The molecule has 0 aliphatic heterocycles. The number of thioether (sulfide) groups is 1. The van der Waals surface area contributed by atoms with Crippen molar-refractivity contribution in [1.29, 1.82) is 5.26 Å². The molecule has 0 saturated heterocycles. The second-order valence-corrected chi connectivity index (χ2v) is 6.45. The summed E-state index contributed by atoms with van der Waals surface area (Å²) in [6.45, 7) is 0. The lowest BCUT2D eigenvalue weighted by atomic mass is 10.00. The van der Waals surface area contributed by atoms with Gasteiger partial charge in [0, 0.05) is 5.56 Å². The van der Waals surface area contributed by atoms with Crippen LogP contribution in [0.1, 0.15) is 20.8 Å². The monoisotopic (exact) mass is 357 g/mol. The Labute approximate surface area is 138 Å². The number of hydrogen-bond donors (Lipinski definition) is 0. The van der Waals surface area contributed by atoms with Crippen molar-refractivity contribution in [2.75, 3.05) is 13.4 Å². The van der Waals surface area contributed by atoms with Gasteiger partial charge in [0.05, 0.1) is 22.4 Å². The third kappa shape index (κ3) is 3.35. The number of alkyl halides is 3. The average molecular weight is 357 g/mol. The highest BCUT2D eigenvalue weighted by molar-refractivity contribution is 8.00. The van der Waals surface area contributed by atoms with Crippen LogP contribution in [0.2, 0.25) is 0 Å². The molecule has 0 fully saturated rings. The number of hydrogen-bond acceptors (Lipinski definition) is 5. The summed E-state index contributed by atoms with van der Waals surface area (Å²) in [6.07, 6.45) is -2.78. The standard InChI is InChI=1S/C15H10F3NO2S2/c1-21-13(20)12-11(10(7-19)14(22-2)23-12)8-4-3-5-9(6-8)15(16,17)18/h3-6H,1-2H3. The molecule has 23 heavy (non-hydrogen) atoms. The fourth-order valence-electron chi connectivity index (χ4n) is 2.02. The summed E-state index contributed by atoms with van der Waals surface area (Å²) >= 11 is 2.29. The van der Waals surface area contributed by atoms with Crippen LogP contribution in [0.4, 0.5) is 13.2 Å². The molecular formula is C15H10F3NO2S2. The Hall–Kier alpha value is -1.98. The van der Waals surface area contributed by atoms with Gasteiger partial charge in [-0.05, 0) is 24.0 Å². The van der Waals surface area contributed by atoms with Crippen LogP contribution >= 0.6 is 23.1 Å². The molecule has 2 rings (SSSR count). The van der Waals surface area contributed by atoms with Gasteiger partial charge in [0.25, 0.3) is 0 Å². The lowest BCUT2D eigenvalue weighted by Gasteiger charge is -2.09. The van der Waals surface area contributed by atoms with E-state index in [1.807, 2.05) is 6.07 Å². The van der Waals surface area contributed by atoms with Gasteiger partial charge in [0.2, 0.25) is 0 Å². The fourth-order valence-corrected chi connectivity index (χ4v) is 3.88. The summed E-state index contributed by atoms with van der Waals surface area (Å²) < 4.78 is 44.0. The van der Waals surface area contributed by atoms with E-state index in [1.54, 1.807) is 6.26 Å². The van der Waals surface area contributed by atoms with Gasteiger partial charge in [-0.3, -0.25) is 0 Å². The van der Waals surface area contributed by atoms with Gasteiger partial charge in [0.1, 0.15) is 10.9 Å². The van der Waals surface area contributed by atoms with Gasteiger partial charge in [-0.15, -0.1) is 23.1 Å². The molecule has 0 saturated carbocycles. The van der Waals surface area contributed by atoms with Gasteiger partial charge < -0.3 is 4.74 Å². The Morgan fingerprint density at radius 1 is 1.39 bits per heavy atom. The first-order valence-electron chi connectivity index (χ1n) is 6.20. The fraction of sp³-hybridized carbons (Fsp3) is 0.200. The molecule has 1 aromatic carbocycles. The van der Waals surface area contributed by atoms with E-state index < -0.39 is 17.7 Å².